The van der Waals surface area contributed by atoms with Gasteiger partial charge in [-0.3, -0.25) is 9.88 Å². The fourth-order valence-corrected chi connectivity index (χ4v) is 3.93. The van der Waals surface area contributed by atoms with Crippen molar-refractivity contribution in [3.8, 4) is 11.1 Å². The number of hydrogen-bond donors (Lipinski definition) is 1. The molecule has 0 spiro atoms. The van der Waals surface area contributed by atoms with Crippen LogP contribution in [0.2, 0.25) is 0 Å². The fourth-order valence-electron chi connectivity index (χ4n) is 3.73. The number of pyridine rings is 1. The summed E-state index contributed by atoms with van der Waals surface area (Å²) in [6, 6.07) is 11.2. The highest BCUT2D eigenvalue weighted by Gasteiger charge is 2.36. The first-order chi connectivity index (χ1) is 14.8. The number of anilines is 2. The number of thiocarbonyl (C=S) groups is 1. The predicted molar refractivity (Wildman–Crippen MR) is 119 cm³/mol. The molecule has 0 saturated carbocycles. The summed E-state index contributed by atoms with van der Waals surface area (Å²) in [5, 5.41) is 3.83. The number of carbonyl (C=O) groups excluding carboxylic acids is 1. The predicted octanol–water partition coefficient (Wildman–Crippen LogP) is 6.02. The van der Waals surface area contributed by atoms with Crippen molar-refractivity contribution in [2.24, 2.45) is 0 Å². The number of urea groups is 1. The van der Waals surface area contributed by atoms with Crippen LogP contribution in [0.25, 0.3) is 11.1 Å². The molecule has 158 valence electrons. The molecule has 1 aliphatic rings. The molecule has 1 aliphatic heterocycles. The van der Waals surface area contributed by atoms with Crippen LogP contribution in [-0.2, 0) is 12.6 Å². The Hall–Kier alpha value is -3.26. The van der Waals surface area contributed by atoms with Crippen LogP contribution in [0.15, 0.2) is 54.9 Å². The molecule has 0 unspecified atom stereocenters. The zero-order chi connectivity index (χ0) is 22.2. The molecule has 1 N–H and O–H groups in total. The van der Waals surface area contributed by atoms with E-state index in [1.807, 2.05) is 31.2 Å². The van der Waals surface area contributed by atoms with Gasteiger partial charge in [0.05, 0.1) is 5.56 Å². The van der Waals surface area contributed by atoms with Crippen molar-refractivity contribution < 1.29 is 18.0 Å². The van der Waals surface area contributed by atoms with Crippen LogP contribution in [0, 0.1) is 6.92 Å². The number of alkyl halides is 3. The van der Waals surface area contributed by atoms with Crippen LogP contribution >= 0.6 is 12.2 Å². The Morgan fingerprint density at radius 3 is 2.71 bits per heavy atom. The smallest absolute Gasteiger partial charge is 0.308 e. The van der Waals surface area contributed by atoms with E-state index in [0.29, 0.717) is 24.2 Å². The summed E-state index contributed by atoms with van der Waals surface area (Å²) in [5.41, 5.74) is 3.42. The van der Waals surface area contributed by atoms with Gasteiger partial charge in [0.2, 0.25) is 0 Å². The third kappa shape index (κ3) is 4.16. The minimum absolute atomic E-state index is 0.0526. The van der Waals surface area contributed by atoms with Crippen LogP contribution in [0.1, 0.15) is 22.3 Å². The SMILES string of the molecule is Cc1ccc(NC(=O)N2CCc3cc(C=S)c(C(F)(F)F)cc32)cc1-c1cccnc1. The van der Waals surface area contributed by atoms with Crippen molar-refractivity contribution in [3.63, 3.8) is 0 Å². The minimum atomic E-state index is -4.56. The molecule has 0 aliphatic carbocycles. The van der Waals surface area contributed by atoms with Crippen molar-refractivity contribution in [1.29, 1.82) is 0 Å². The Balaban J connectivity index is 1.63. The molecule has 2 amide bonds. The van der Waals surface area contributed by atoms with Gasteiger partial charge in [0, 0.05) is 41.2 Å². The number of hydrogen-bond acceptors (Lipinski definition) is 3. The van der Waals surface area contributed by atoms with Gasteiger partial charge >= 0.3 is 12.2 Å². The summed E-state index contributed by atoms with van der Waals surface area (Å²) in [6.07, 6.45) is -0.678. The van der Waals surface area contributed by atoms with Crippen molar-refractivity contribution in [2.45, 2.75) is 19.5 Å². The average Bonchev–Trinajstić information content (AvgIpc) is 3.17. The summed E-state index contributed by atoms with van der Waals surface area (Å²) in [7, 11) is 0. The molecular weight excluding hydrogens is 423 g/mol. The minimum Gasteiger partial charge on any atom is -0.308 e. The number of amides is 2. The number of nitrogens with one attached hydrogen (secondary N) is 1. The van der Waals surface area contributed by atoms with Gasteiger partial charge in [0.15, 0.2) is 0 Å². The second-order valence-electron chi connectivity index (χ2n) is 7.29. The first-order valence-corrected chi connectivity index (χ1v) is 10.0. The van der Waals surface area contributed by atoms with E-state index in [-0.39, 0.29) is 11.3 Å². The first kappa shape index (κ1) is 21.0. The lowest BCUT2D eigenvalue weighted by Gasteiger charge is -2.20. The zero-order valence-corrected chi connectivity index (χ0v) is 17.3. The Kier molecular flexibility index (Phi) is 5.49. The summed E-state index contributed by atoms with van der Waals surface area (Å²) < 4.78 is 40.3. The van der Waals surface area contributed by atoms with Crippen LogP contribution in [0.3, 0.4) is 0 Å². The highest BCUT2D eigenvalue weighted by Crippen LogP contribution is 2.38. The summed E-state index contributed by atoms with van der Waals surface area (Å²) in [5.74, 6) is 0. The quantitative estimate of drug-likeness (QED) is 0.506. The Morgan fingerprint density at radius 1 is 1.23 bits per heavy atom. The molecule has 0 radical (unpaired) electrons. The normalized spacial score (nSPS) is 13.1. The molecule has 0 fully saturated rings. The topological polar surface area (TPSA) is 45.2 Å². The zero-order valence-electron chi connectivity index (χ0n) is 16.5. The molecule has 1 aromatic heterocycles. The van der Waals surface area contributed by atoms with E-state index in [1.54, 1.807) is 18.5 Å². The number of nitrogens with zero attached hydrogens (tertiary/aromatic N) is 2. The lowest BCUT2D eigenvalue weighted by atomic mass is 10.0. The van der Waals surface area contributed by atoms with E-state index >= 15 is 0 Å². The molecule has 31 heavy (non-hydrogen) atoms. The van der Waals surface area contributed by atoms with E-state index < -0.39 is 17.8 Å². The largest absolute Gasteiger partial charge is 0.417 e. The van der Waals surface area contributed by atoms with E-state index in [2.05, 4.69) is 10.3 Å². The van der Waals surface area contributed by atoms with Gasteiger partial charge in [-0.05, 0) is 65.9 Å². The number of carbonyl (C=O) groups is 1. The maximum atomic E-state index is 13.4. The van der Waals surface area contributed by atoms with Crippen LogP contribution < -0.4 is 10.2 Å². The number of aryl methyl sites for hydroxylation is 1. The number of rotatable bonds is 3. The molecule has 0 saturated heterocycles. The molecule has 2 aromatic carbocycles. The van der Waals surface area contributed by atoms with Gasteiger partial charge in [0.25, 0.3) is 0 Å². The molecule has 8 heteroatoms. The van der Waals surface area contributed by atoms with Gasteiger partial charge in [-0.1, -0.05) is 24.4 Å². The number of fused-ring (bicyclic) bond motifs is 1. The highest BCUT2D eigenvalue weighted by atomic mass is 32.1. The Bertz CT molecular complexity index is 1160. The molecule has 3 aromatic rings. The van der Waals surface area contributed by atoms with Crippen LogP contribution in [-0.4, -0.2) is 22.9 Å². The van der Waals surface area contributed by atoms with Crippen LogP contribution in [0.5, 0.6) is 0 Å². The van der Waals surface area contributed by atoms with E-state index in [0.717, 1.165) is 28.1 Å². The van der Waals surface area contributed by atoms with Gasteiger partial charge in [-0.2, -0.15) is 13.2 Å². The summed E-state index contributed by atoms with van der Waals surface area (Å²) in [6.45, 7) is 2.25. The molecule has 0 atom stereocenters. The monoisotopic (exact) mass is 441 g/mol. The van der Waals surface area contributed by atoms with E-state index in [1.165, 1.54) is 11.0 Å². The lowest BCUT2D eigenvalue weighted by molar-refractivity contribution is -0.137. The fraction of sp³-hybridized carbons (Fsp3) is 0.174. The maximum Gasteiger partial charge on any atom is 0.417 e. The first-order valence-electron chi connectivity index (χ1n) is 9.57. The van der Waals surface area contributed by atoms with Gasteiger partial charge in [0.1, 0.15) is 0 Å². The second kappa shape index (κ2) is 8.11. The second-order valence-corrected chi connectivity index (χ2v) is 7.52. The van der Waals surface area contributed by atoms with Crippen molar-refractivity contribution in [1.82, 2.24) is 4.98 Å². The highest BCUT2D eigenvalue weighted by molar-refractivity contribution is 7.79. The summed E-state index contributed by atoms with van der Waals surface area (Å²) in [4.78, 5) is 18.4. The van der Waals surface area contributed by atoms with Gasteiger partial charge < -0.3 is 5.32 Å². The van der Waals surface area contributed by atoms with Crippen molar-refractivity contribution >= 4 is 35.0 Å². The van der Waals surface area contributed by atoms with Crippen LogP contribution in [0.4, 0.5) is 29.3 Å². The third-order valence-electron chi connectivity index (χ3n) is 5.29. The maximum absolute atomic E-state index is 13.4. The van der Waals surface area contributed by atoms with E-state index in [9.17, 15) is 18.0 Å². The number of halogens is 3. The van der Waals surface area contributed by atoms with Crippen molar-refractivity contribution in [2.75, 3.05) is 16.8 Å². The molecule has 2 heterocycles. The average molecular weight is 441 g/mol. The number of benzene rings is 2. The number of aromatic nitrogens is 1. The molecule has 4 rings (SSSR count). The molecular formula is C23H18F3N3OS. The summed E-state index contributed by atoms with van der Waals surface area (Å²) >= 11 is 4.75. The third-order valence-corrected chi connectivity index (χ3v) is 5.54. The Morgan fingerprint density at radius 2 is 2.03 bits per heavy atom. The Labute approximate surface area is 182 Å². The van der Waals surface area contributed by atoms with Gasteiger partial charge in [-0.15, -0.1) is 0 Å². The van der Waals surface area contributed by atoms with Gasteiger partial charge in [-0.25, -0.2) is 4.79 Å². The van der Waals surface area contributed by atoms with Crippen molar-refractivity contribution in [3.05, 3.63) is 77.1 Å². The molecule has 0 bridgehead atoms. The molecule has 4 nitrogen and oxygen atoms in total. The lowest BCUT2D eigenvalue weighted by Crippen LogP contribution is -2.33. The standard InChI is InChI=1S/C23H18F3N3OS/c1-14-4-5-18(10-19(14)16-3-2-7-27-12-16)28-22(30)29-8-6-15-9-17(13-31)20(11-21(15)29)23(24,25)26/h2-5,7,9-13H,6,8H2,1H3,(H,28,30). The van der Waals surface area contributed by atoms with E-state index in [4.69, 9.17) is 12.2 Å².